The van der Waals surface area contributed by atoms with Gasteiger partial charge in [0.25, 0.3) is 5.56 Å². The molecule has 33 heavy (non-hydrogen) atoms. The first-order valence-corrected chi connectivity index (χ1v) is 11.3. The monoisotopic (exact) mass is 451 g/mol. The Balaban J connectivity index is 1.27. The largest absolute Gasteiger partial charge is 0.348 e. The molecule has 0 spiro atoms. The van der Waals surface area contributed by atoms with E-state index in [-0.39, 0.29) is 23.8 Å². The second-order valence-corrected chi connectivity index (χ2v) is 7.98. The molecular formula is C23H29N7O3. The quantitative estimate of drug-likeness (QED) is 0.482. The summed E-state index contributed by atoms with van der Waals surface area (Å²) < 4.78 is 6.35. The van der Waals surface area contributed by atoms with E-state index in [9.17, 15) is 9.59 Å². The number of nitrogens with one attached hydrogen (secondary N) is 1. The van der Waals surface area contributed by atoms with Crippen LogP contribution in [0, 0.1) is 0 Å². The average Bonchev–Trinajstić information content (AvgIpc) is 3.33. The third-order valence-electron chi connectivity index (χ3n) is 5.74. The molecule has 1 saturated heterocycles. The molecule has 0 aliphatic carbocycles. The number of likely N-dealkylation sites (N-methyl/N-ethyl adjacent to an activating group) is 1. The molecule has 1 amide bonds. The third-order valence-corrected chi connectivity index (χ3v) is 5.74. The Hall–Kier alpha value is -3.37. The summed E-state index contributed by atoms with van der Waals surface area (Å²) in [5, 5.41) is 11.0. The van der Waals surface area contributed by atoms with E-state index in [2.05, 4.69) is 37.3 Å². The van der Waals surface area contributed by atoms with E-state index in [1.165, 1.54) is 10.7 Å². The predicted octanol–water partition coefficient (Wildman–Crippen LogP) is 1.10. The van der Waals surface area contributed by atoms with Crippen molar-refractivity contribution in [3.63, 3.8) is 0 Å². The van der Waals surface area contributed by atoms with E-state index in [1.54, 1.807) is 6.07 Å². The highest BCUT2D eigenvalue weighted by Gasteiger charge is 2.17. The van der Waals surface area contributed by atoms with Crippen LogP contribution in [0.2, 0.25) is 0 Å². The van der Waals surface area contributed by atoms with Crippen molar-refractivity contribution < 1.29 is 9.32 Å². The standard InChI is InChI=1S/C23H29N7O3/c1-2-28-13-15-29(16-14-28)12-6-11-24-22(32)23-25-20(27-33-23)17-30-21(31)10-9-19(26-30)18-7-4-3-5-8-18/h3-5,7-10H,2,6,11-17H2,1H3,(H,24,32). The fourth-order valence-electron chi connectivity index (χ4n) is 3.78. The van der Waals surface area contributed by atoms with Crippen LogP contribution in [0.5, 0.6) is 0 Å². The van der Waals surface area contributed by atoms with Crippen molar-refractivity contribution in [1.82, 2.24) is 35.0 Å². The maximum absolute atomic E-state index is 12.3. The van der Waals surface area contributed by atoms with E-state index in [4.69, 9.17) is 4.52 Å². The van der Waals surface area contributed by atoms with Gasteiger partial charge in [-0.2, -0.15) is 10.1 Å². The topological polar surface area (TPSA) is 109 Å². The Kier molecular flexibility index (Phi) is 7.59. The fourth-order valence-corrected chi connectivity index (χ4v) is 3.78. The molecule has 0 bridgehead atoms. The minimum atomic E-state index is -0.414. The summed E-state index contributed by atoms with van der Waals surface area (Å²) in [6.07, 6.45) is 0.852. The molecule has 0 saturated carbocycles. The van der Waals surface area contributed by atoms with Gasteiger partial charge in [0, 0.05) is 44.4 Å². The van der Waals surface area contributed by atoms with Crippen LogP contribution in [0.3, 0.4) is 0 Å². The maximum Gasteiger partial charge on any atom is 0.316 e. The van der Waals surface area contributed by atoms with E-state index < -0.39 is 5.91 Å². The molecule has 1 aliphatic rings. The second-order valence-electron chi connectivity index (χ2n) is 7.98. The Morgan fingerprint density at radius 3 is 2.58 bits per heavy atom. The van der Waals surface area contributed by atoms with Gasteiger partial charge >= 0.3 is 11.8 Å². The number of amides is 1. The Labute approximate surface area is 192 Å². The number of hydrogen-bond donors (Lipinski definition) is 1. The van der Waals surface area contributed by atoms with Gasteiger partial charge in [-0.25, -0.2) is 4.68 Å². The first-order valence-electron chi connectivity index (χ1n) is 11.3. The Morgan fingerprint density at radius 1 is 1.06 bits per heavy atom. The molecule has 1 N–H and O–H groups in total. The SMILES string of the molecule is CCN1CCN(CCCNC(=O)c2nc(Cn3nc(-c4ccccc4)ccc3=O)no2)CC1. The van der Waals surface area contributed by atoms with Gasteiger partial charge in [-0.15, -0.1) is 0 Å². The molecule has 0 atom stereocenters. The van der Waals surface area contributed by atoms with Gasteiger partial charge in [0.1, 0.15) is 6.54 Å². The number of aromatic nitrogens is 4. The van der Waals surface area contributed by atoms with Crippen molar-refractivity contribution in [1.29, 1.82) is 0 Å². The number of hydrogen-bond acceptors (Lipinski definition) is 8. The van der Waals surface area contributed by atoms with Crippen molar-refractivity contribution in [3.8, 4) is 11.3 Å². The lowest BCUT2D eigenvalue weighted by molar-refractivity contribution is 0.0904. The molecule has 10 nitrogen and oxygen atoms in total. The molecule has 4 rings (SSSR count). The summed E-state index contributed by atoms with van der Waals surface area (Å²) in [5.74, 6) is -0.314. The van der Waals surface area contributed by atoms with Crippen molar-refractivity contribution in [2.75, 3.05) is 45.8 Å². The number of nitrogens with zero attached hydrogens (tertiary/aromatic N) is 6. The first kappa shape index (κ1) is 22.8. The van der Waals surface area contributed by atoms with Crippen LogP contribution >= 0.6 is 0 Å². The summed E-state index contributed by atoms with van der Waals surface area (Å²) >= 11 is 0. The van der Waals surface area contributed by atoms with Crippen LogP contribution < -0.4 is 10.9 Å². The highest BCUT2D eigenvalue weighted by molar-refractivity contribution is 5.89. The second kappa shape index (κ2) is 11.0. The highest BCUT2D eigenvalue weighted by atomic mass is 16.5. The van der Waals surface area contributed by atoms with E-state index in [0.717, 1.165) is 51.3 Å². The van der Waals surface area contributed by atoms with Crippen LogP contribution in [-0.2, 0) is 6.54 Å². The smallest absolute Gasteiger partial charge is 0.316 e. The highest BCUT2D eigenvalue weighted by Crippen LogP contribution is 2.14. The number of benzene rings is 1. The zero-order valence-corrected chi connectivity index (χ0v) is 18.8. The average molecular weight is 452 g/mol. The Bertz CT molecular complexity index is 1100. The van der Waals surface area contributed by atoms with Crippen molar-refractivity contribution in [2.45, 2.75) is 19.9 Å². The molecular weight excluding hydrogens is 422 g/mol. The number of carbonyl (C=O) groups excluding carboxylic acids is 1. The van der Waals surface area contributed by atoms with Crippen molar-refractivity contribution in [2.24, 2.45) is 0 Å². The molecule has 3 heterocycles. The zero-order chi connectivity index (χ0) is 23.0. The van der Waals surface area contributed by atoms with Crippen LogP contribution in [0.15, 0.2) is 51.8 Å². The molecule has 174 valence electrons. The molecule has 10 heteroatoms. The van der Waals surface area contributed by atoms with Gasteiger partial charge < -0.3 is 19.6 Å². The number of carbonyl (C=O) groups is 1. The molecule has 1 aromatic carbocycles. The molecule has 0 radical (unpaired) electrons. The minimum absolute atomic E-state index is 0.0139. The van der Waals surface area contributed by atoms with Gasteiger partial charge in [-0.05, 0) is 25.6 Å². The summed E-state index contributed by atoms with van der Waals surface area (Å²) in [5.41, 5.74) is 1.27. The lowest BCUT2D eigenvalue weighted by Gasteiger charge is -2.33. The van der Waals surface area contributed by atoms with E-state index in [1.807, 2.05) is 30.3 Å². The molecule has 2 aromatic heterocycles. The molecule has 3 aromatic rings. The predicted molar refractivity (Wildman–Crippen MR) is 123 cm³/mol. The summed E-state index contributed by atoms with van der Waals surface area (Å²) in [6.45, 7) is 9.09. The third kappa shape index (κ3) is 6.11. The number of piperazine rings is 1. The molecule has 0 unspecified atom stereocenters. The van der Waals surface area contributed by atoms with Gasteiger partial charge in [-0.1, -0.05) is 42.4 Å². The van der Waals surface area contributed by atoms with E-state index in [0.29, 0.717) is 12.2 Å². The normalized spacial score (nSPS) is 14.9. The zero-order valence-electron chi connectivity index (χ0n) is 18.8. The van der Waals surface area contributed by atoms with E-state index >= 15 is 0 Å². The van der Waals surface area contributed by atoms with Crippen LogP contribution in [-0.4, -0.2) is 81.4 Å². The lowest BCUT2D eigenvalue weighted by Crippen LogP contribution is -2.46. The first-order chi connectivity index (χ1) is 16.1. The van der Waals surface area contributed by atoms with Gasteiger partial charge in [0.2, 0.25) is 0 Å². The van der Waals surface area contributed by atoms with Crippen molar-refractivity contribution >= 4 is 5.91 Å². The van der Waals surface area contributed by atoms with Crippen LogP contribution in [0.1, 0.15) is 29.9 Å². The summed E-state index contributed by atoms with van der Waals surface area (Å²) in [7, 11) is 0. The minimum Gasteiger partial charge on any atom is -0.348 e. The van der Waals surface area contributed by atoms with Crippen molar-refractivity contribution in [3.05, 3.63) is 64.5 Å². The number of rotatable bonds is 9. The molecule has 1 fully saturated rings. The summed E-state index contributed by atoms with van der Waals surface area (Å²) in [6, 6.07) is 12.7. The summed E-state index contributed by atoms with van der Waals surface area (Å²) in [4.78, 5) is 33.5. The van der Waals surface area contributed by atoms with Gasteiger partial charge in [-0.3, -0.25) is 9.59 Å². The maximum atomic E-state index is 12.3. The van der Waals surface area contributed by atoms with Crippen LogP contribution in [0.25, 0.3) is 11.3 Å². The lowest BCUT2D eigenvalue weighted by atomic mass is 10.1. The van der Waals surface area contributed by atoms with Crippen LogP contribution in [0.4, 0.5) is 0 Å². The van der Waals surface area contributed by atoms with Gasteiger partial charge in [0.15, 0.2) is 5.82 Å². The fraction of sp³-hybridized carbons (Fsp3) is 0.435. The molecule has 1 aliphatic heterocycles. The Morgan fingerprint density at radius 2 is 1.82 bits per heavy atom. The van der Waals surface area contributed by atoms with Gasteiger partial charge in [0.05, 0.1) is 5.69 Å².